The van der Waals surface area contributed by atoms with Crippen LogP contribution in [0.1, 0.15) is 11.3 Å². The number of nitrogens with one attached hydrogen (secondary N) is 1. The van der Waals surface area contributed by atoms with Crippen molar-refractivity contribution in [3.8, 4) is 0 Å². The molecule has 0 spiro atoms. The third kappa shape index (κ3) is 2.98. The topological polar surface area (TPSA) is 31.4 Å². The van der Waals surface area contributed by atoms with Crippen LogP contribution in [0.5, 0.6) is 0 Å². The van der Waals surface area contributed by atoms with Crippen LogP contribution in [0, 0.1) is 6.92 Å². The second kappa shape index (κ2) is 5.87. The van der Waals surface area contributed by atoms with Gasteiger partial charge in [-0.05, 0) is 31.7 Å². The molecule has 2 heterocycles. The molecular weight excluding hydrogens is 248 g/mol. The van der Waals surface area contributed by atoms with Crippen molar-refractivity contribution < 1.29 is 0 Å². The predicted molar refractivity (Wildman–Crippen MR) is 82.4 cm³/mol. The Hall–Kier alpha value is -1.49. The molecule has 20 heavy (non-hydrogen) atoms. The van der Waals surface area contributed by atoms with Gasteiger partial charge >= 0.3 is 0 Å². The van der Waals surface area contributed by atoms with E-state index in [1.54, 1.807) is 0 Å². The summed E-state index contributed by atoms with van der Waals surface area (Å²) in [5.41, 5.74) is 7.05. The first-order valence-electron chi connectivity index (χ1n) is 7.24. The van der Waals surface area contributed by atoms with E-state index in [9.17, 15) is 0 Å². The van der Waals surface area contributed by atoms with Gasteiger partial charge in [0.15, 0.2) is 0 Å². The van der Waals surface area contributed by atoms with Gasteiger partial charge in [-0.1, -0.05) is 18.2 Å². The fraction of sp³-hybridized carbons (Fsp3) is 0.438. The summed E-state index contributed by atoms with van der Waals surface area (Å²) in [4.78, 5) is 6.96. The van der Waals surface area contributed by atoms with Crippen molar-refractivity contribution in [3.05, 3.63) is 41.6 Å². The number of benzene rings is 1. The zero-order chi connectivity index (χ0) is 13.9. The summed E-state index contributed by atoms with van der Waals surface area (Å²) in [6.07, 6.45) is 0. The molecule has 1 aliphatic heterocycles. The summed E-state index contributed by atoms with van der Waals surface area (Å²) in [7, 11) is 2.18. The predicted octanol–water partition coefficient (Wildman–Crippen LogP) is 1.80. The van der Waals surface area contributed by atoms with Gasteiger partial charge in [-0.2, -0.15) is 0 Å². The van der Waals surface area contributed by atoms with E-state index in [0.717, 1.165) is 43.9 Å². The zero-order valence-electron chi connectivity index (χ0n) is 12.3. The third-order valence-corrected chi connectivity index (χ3v) is 3.93. The van der Waals surface area contributed by atoms with Gasteiger partial charge in [-0.15, -0.1) is 0 Å². The number of para-hydroxylation sites is 1. The monoisotopic (exact) mass is 270 g/mol. The maximum Gasteiger partial charge on any atom is 0.0708 e. The van der Waals surface area contributed by atoms with Gasteiger partial charge in [0.25, 0.3) is 0 Å². The van der Waals surface area contributed by atoms with E-state index >= 15 is 0 Å². The quantitative estimate of drug-likeness (QED) is 0.921. The Morgan fingerprint density at radius 2 is 1.90 bits per heavy atom. The number of hydrogen-bond acceptors (Lipinski definition) is 4. The van der Waals surface area contributed by atoms with Gasteiger partial charge in [0.1, 0.15) is 0 Å². The highest BCUT2D eigenvalue weighted by Crippen LogP contribution is 2.18. The minimum Gasteiger partial charge on any atom is -0.304 e. The van der Waals surface area contributed by atoms with Gasteiger partial charge < -0.3 is 4.90 Å². The normalized spacial score (nSPS) is 17.7. The molecule has 0 radical (unpaired) electrons. The van der Waals surface area contributed by atoms with E-state index in [2.05, 4.69) is 58.6 Å². The van der Waals surface area contributed by atoms with E-state index in [1.807, 2.05) is 6.07 Å². The molecular formula is C16H22N4. The summed E-state index contributed by atoms with van der Waals surface area (Å²) < 4.78 is 0. The molecule has 0 amide bonds. The second-order valence-corrected chi connectivity index (χ2v) is 5.57. The Bertz CT molecular complexity index is 588. The van der Waals surface area contributed by atoms with Crippen LogP contribution in [0.2, 0.25) is 0 Å². The molecule has 106 valence electrons. The smallest absolute Gasteiger partial charge is 0.0708 e. The molecule has 1 fully saturated rings. The molecule has 1 aromatic carbocycles. The Morgan fingerprint density at radius 3 is 2.70 bits per heavy atom. The van der Waals surface area contributed by atoms with Gasteiger partial charge in [0.05, 0.1) is 5.52 Å². The number of pyridine rings is 1. The van der Waals surface area contributed by atoms with Crippen molar-refractivity contribution in [2.75, 3.05) is 33.2 Å². The number of likely N-dealkylation sites (N-methyl/N-ethyl adjacent to an activating group) is 1. The van der Waals surface area contributed by atoms with Crippen molar-refractivity contribution in [3.63, 3.8) is 0 Å². The van der Waals surface area contributed by atoms with E-state index in [-0.39, 0.29) is 0 Å². The maximum atomic E-state index is 4.59. The maximum absolute atomic E-state index is 4.59. The van der Waals surface area contributed by atoms with Crippen LogP contribution in [0.3, 0.4) is 0 Å². The molecule has 4 nitrogen and oxygen atoms in total. The molecule has 0 unspecified atom stereocenters. The first-order valence-corrected chi connectivity index (χ1v) is 7.24. The van der Waals surface area contributed by atoms with Crippen LogP contribution >= 0.6 is 0 Å². The molecule has 1 aliphatic rings. The number of hydrogen-bond donors (Lipinski definition) is 1. The van der Waals surface area contributed by atoms with Gasteiger partial charge in [0.2, 0.25) is 0 Å². The largest absolute Gasteiger partial charge is 0.304 e. The van der Waals surface area contributed by atoms with Crippen LogP contribution in [0.4, 0.5) is 0 Å². The van der Waals surface area contributed by atoms with Gasteiger partial charge in [-0.3, -0.25) is 10.4 Å². The molecule has 0 atom stereocenters. The van der Waals surface area contributed by atoms with E-state index in [0.29, 0.717) is 0 Å². The lowest BCUT2D eigenvalue weighted by molar-refractivity contribution is 0.102. The van der Waals surface area contributed by atoms with Crippen molar-refractivity contribution in [1.29, 1.82) is 0 Å². The average Bonchev–Trinajstić information content (AvgIpc) is 2.46. The van der Waals surface area contributed by atoms with Crippen LogP contribution < -0.4 is 5.43 Å². The number of piperazine rings is 1. The Morgan fingerprint density at radius 1 is 1.15 bits per heavy atom. The van der Waals surface area contributed by atoms with E-state index in [1.165, 1.54) is 10.9 Å². The molecule has 4 heteroatoms. The standard InChI is InChI=1S/C16H22N4/c1-13-11-14(15-5-3-4-6-16(15)18-13)12-17-20-9-7-19(2)8-10-20/h3-6,11,17H,7-10,12H2,1-2H3. The van der Waals surface area contributed by atoms with Crippen molar-refractivity contribution in [2.24, 2.45) is 0 Å². The second-order valence-electron chi connectivity index (χ2n) is 5.57. The van der Waals surface area contributed by atoms with E-state index < -0.39 is 0 Å². The number of hydrazine groups is 1. The summed E-state index contributed by atoms with van der Waals surface area (Å²) in [5.74, 6) is 0. The Labute approximate surface area is 120 Å². The first-order chi connectivity index (χ1) is 9.72. The van der Waals surface area contributed by atoms with E-state index in [4.69, 9.17) is 0 Å². The Kier molecular flexibility index (Phi) is 3.96. The van der Waals surface area contributed by atoms with Crippen molar-refractivity contribution in [1.82, 2.24) is 20.3 Å². The van der Waals surface area contributed by atoms with Crippen LogP contribution in [0.15, 0.2) is 30.3 Å². The highest BCUT2D eigenvalue weighted by Gasteiger charge is 2.13. The zero-order valence-corrected chi connectivity index (χ0v) is 12.3. The number of aryl methyl sites for hydroxylation is 1. The number of nitrogens with zero attached hydrogens (tertiary/aromatic N) is 3. The van der Waals surface area contributed by atoms with Crippen LogP contribution in [-0.2, 0) is 6.54 Å². The third-order valence-electron chi connectivity index (χ3n) is 3.93. The van der Waals surface area contributed by atoms with Crippen molar-refractivity contribution in [2.45, 2.75) is 13.5 Å². The summed E-state index contributed by atoms with van der Waals surface area (Å²) in [5, 5.41) is 3.57. The molecule has 0 aliphatic carbocycles. The summed E-state index contributed by atoms with van der Waals surface area (Å²) in [6, 6.07) is 10.6. The average molecular weight is 270 g/mol. The molecule has 1 aromatic heterocycles. The van der Waals surface area contributed by atoms with Gasteiger partial charge in [-0.25, -0.2) is 5.01 Å². The number of rotatable bonds is 3. The molecule has 0 saturated carbocycles. The molecule has 2 aromatic rings. The molecule has 3 rings (SSSR count). The summed E-state index contributed by atoms with van der Waals surface area (Å²) >= 11 is 0. The minimum atomic E-state index is 0.869. The van der Waals surface area contributed by atoms with Gasteiger partial charge in [0, 0.05) is 43.8 Å². The molecule has 1 saturated heterocycles. The molecule has 0 bridgehead atoms. The minimum absolute atomic E-state index is 0.869. The first kappa shape index (κ1) is 13.5. The highest BCUT2D eigenvalue weighted by molar-refractivity contribution is 5.82. The number of fused-ring (bicyclic) bond motifs is 1. The highest BCUT2D eigenvalue weighted by atomic mass is 15.5. The SMILES string of the molecule is Cc1cc(CNN2CCN(C)CC2)c2ccccc2n1. The summed E-state index contributed by atoms with van der Waals surface area (Å²) in [6.45, 7) is 7.35. The lowest BCUT2D eigenvalue weighted by atomic mass is 10.1. The fourth-order valence-corrected chi connectivity index (χ4v) is 2.70. The van der Waals surface area contributed by atoms with Crippen molar-refractivity contribution >= 4 is 10.9 Å². The Balaban J connectivity index is 1.74. The fourth-order valence-electron chi connectivity index (χ4n) is 2.70. The lowest BCUT2D eigenvalue weighted by Gasteiger charge is -2.32. The number of aromatic nitrogens is 1. The molecule has 1 N–H and O–H groups in total. The lowest BCUT2D eigenvalue weighted by Crippen LogP contribution is -2.50. The van der Waals surface area contributed by atoms with Crippen LogP contribution in [0.25, 0.3) is 10.9 Å². The van der Waals surface area contributed by atoms with Crippen LogP contribution in [-0.4, -0.2) is 48.1 Å².